The van der Waals surface area contributed by atoms with E-state index in [1.165, 1.54) is 12.0 Å². The minimum absolute atomic E-state index is 0.441. The number of benzene rings is 1. The summed E-state index contributed by atoms with van der Waals surface area (Å²) in [6.45, 7) is 7.05. The van der Waals surface area contributed by atoms with Crippen molar-refractivity contribution in [1.29, 1.82) is 0 Å². The number of oxazole rings is 1. The van der Waals surface area contributed by atoms with Crippen LogP contribution in [0, 0.1) is 6.92 Å². The summed E-state index contributed by atoms with van der Waals surface area (Å²) in [6.07, 6.45) is 1.51. The molecular weight excluding hydrogens is 212 g/mol. The lowest BCUT2D eigenvalue weighted by atomic mass is 10.1. The molecule has 0 saturated heterocycles. The molecule has 0 aliphatic heterocycles. The van der Waals surface area contributed by atoms with Crippen molar-refractivity contribution < 1.29 is 4.42 Å². The van der Waals surface area contributed by atoms with Crippen molar-refractivity contribution in [2.75, 3.05) is 0 Å². The molecule has 0 saturated carbocycles. The molecular formula is C14H18N2O. The van der Waals surface area contributed by atoms with Gasteiger partial charge in [0.25, 0.3) is 0 Å². The van der Waals surface area contributed by atoms with Crippen molar-refractivity contribution >= 4 is 0 Å². The molecule has 17 heavy (non-hydrogen) atoms. The Balaban J connectivity index is 2.28. The van der Waals surface area contributed by atoms with Gasteiger partial charge < -0.3 is 9.73 Å². The maximum absolute atomic E-state index is 5.51. The van der Waals surface area contributed by atoms with Crippen molar-refractivity contribution in [3.05, 3.63) is 41.9 Å². The zero-order chi connectivity index (χ0) is 12.3. The van der Waals surface area contributed by atoms with Crippen LogP contribution in [0.25, 0.3) is 11.3 Å². The lowest BCUT2D eigenvalue weighted by Crippen LogP contribution is -2.22. The van der Waals surface area contributed by atoms with Gasteiger partial charge in [0.1, 0.15) is 5.69 Å². The third-order valence-electron chi connectivity index (χ3n) is 2.71. The molecule has 2 rings (SSSR count). The van der Waals surface area contributed by atoms with E-state index >= 15 is 0 Å². The SMILES string of the molecule is Cc1ccccc1-c1ocnc1CNC(C)C. The predicted octanol–water partition coefficient (Wildman–Crippen LogP) is 3.15. The van der Waals surface area contributed by atoms with E-state index in [-0.39, 0.29) is 0 Å². The average Bonchev–Trinajstić information content (AvgIpc) is 2.75. The summed E-state index contributed by atoms with van der Waals surface area (Å²) < 4.78 is 5.51. The zero-order valence-electron chi connectivity index (χ0n) is 10.5. The van der Waals surface area contributed by atoms with Crippen LogP contribution in [0.3, 0.4) is 0 Å². The maximum atomic E-state index is 5.51. The van der Waals surface area contributed by atoms with Crippen LogP contribution in [0.2, 0.25) is 0 Å². The summed E-state index contributed by atoms with van der Waals surface area (Å²) in [6, 6.07) is 8.63. The van der Waals surface area contributed by atoms with Crippen LogP contribution < -0.4 is 5.32 Å². The molecule has 1 heterocycles. The van der Waals surface area contributed by atoms with Gasteiger partial charge in [-0.3, -0.25) is 0 Å². The standard InChI is InChI=1S/C14H18N2O/c1-10(2)15-8-13-14(17-9-16-13)12-7-5-4-6-11(12)3/h4-7,9-10,15H,8H2,1-3H3. The Hall–Kier alpha value is -1.61. The first-order chi connectivity index (χ1) is 8.18. The molecule has 0 aliphatic rings. The van der Waals surface area contributed by atoms with Gasteiger partial charge in [-0.2, -0.15) is 0 Å². The van der Waals surface area contributed by atoms with Gasteiger partial charge >= 0.3 is 0 Å². The Morgan fingerprint density at radius 2 is 2.06 bits per heavy atom. The van der Waals surface area contributed by atoms with Crippen LogP contribution in [0.4, 0.5) is 0 Å². The Morgan fingerprint density at radius 3 is 2.76 bits per heavy atom. The highest BCUT2D eigenvalue weighted by molar-refractivity contribution is 5.63. The molecule has 90 valence electrons. The van der Waals surface area contributed by atoms with Gasteiger partial charge in [0.15, 0.2) is 12.2 Å². The van der Waals surface area contributed by atoms with Crippen LogP contribution in [0.15, 0.2) is 35.1 Å². The first kappa shape index (κ1) is 11.9. The van der Waals surface area contributed by atoms with Crippen LogP contribution >= 0.6 is 0 Å². The molecule has 1 aromatic carbocycles. The topological polar surface area (TPSA) is 38.1 Å². The third-order valence-corrected chi connectivity index (χ3v) is 2.71. The lowest BCUT2D eigenvalue weighted by Gasteiger charge is -2.08. The zero-order valence-corrected chi connectivity index (χ0v) is 10.5. The monoisotopic (exact) mass is 230 g/mol. The number of nitrogens with one attached hydrogen (secondary N) is 1. The van der Waals surface area contributed by atoms with Crippen molar-refractivity contribution in [3.63, 3.8) is 0 Å². The van der Waals surface area contributed by atoms with Gasteiger partial charge in [0.05, 0.1) is 0 Å². The van der Waals surface area contributed by atoms with E-state index in [0.717, 1.165) is 23.6 Å². The quantitative estimate of drug-likeness (QED) is 0.876. The Morgan fingerprint density at radius 1 is 1.29 bits per heavy atom. The highest BCUT2D eigenvalue weighted by Crippen LogP contribution is 2.26. The highest BCUT2D eigenvalue weighted by atomic mass is 16.3. The molecule has 0 spiro atoms. The Labute approximate surface area is 102 Å². The minimum Gasteiger partial charge on any atom is -0.443 e. The summed E-state index contributed by atoms with van der Waals surface area (Å²) in [7, 11) is 0. The normalized spacial score (nSPS) is 11.1. The number of rotatable bonds is 4. The second-order valence-corrected chi connectivity index (χ2v) is 4.48. The molecule has 0 aliphatic carbocycles. The van der Waals surface area contributed by atoms with Gasteiger partial charge in [-0.05, 0) is 12.5 Å². The van der Waals surface area contributed by atoms with Gasteiger partial charge in [0, 0.05) is 18.2 Å². The molecule has 0 atom stereocenters. The fourth-order valence-electron chi connectivity index (χ4n) is 1.74. The van der Waals surface area contributed by atoms with Gasteiger partial charge in [-0.25, -0.2) is 4.98 Å². The first-order valence-corrected chi connectivity index (χ1v) is 5.90. The summed E-state index contributed by atoms with van der Waals surface area (Å²) in [5.74, 6) is 0.872. The molecule has 0 radical (unpaired) electrons. The van der Waals surface area contributed by atoms with Crippen LogP contribution in [-0.4, -0.2) is 11.0 Å². The predicted molar refractivity (Wildman–Crippen MR) is 68.7 cm³/mol. The molecule has 0 fully saturated rings. The summed E-state index contributed by atoms with van der Waals surface area (Å²) in [4.78, 5) is 4.28. The van der Waals surface area contributed by atoms with Crippen LogP contribution in [-0.2, 0) is 6.54 Å². The lowest BCUT2D eigenvalue weighted by molar-refractivity contribution is 0.562. The number of aromatic nitrogens is 1. The molecule has 0 unspecified atom stereocenters. The van der Waals surface area contributed by atoms with E-state index in [0.29, 0.717) is 6.04 Å². The van der Waals surface area contributed by atoms with E-state index in [2.05, 4.69) is 43.2 Å². The number of hydrogen-bond donors (Lipinski definition) is 1. The summed E-state index contributed by atoms with van der Waals surface area (Å²) >= 11 is 0. The third kappa shape index (κ3) is 2.74. The second kappa shape index (κ2) is 5.15. The second-order valence-electron chi connectivity index (χ2n) is 4.48. The van der Waals surface area contributed by atoms with Crippen molar-refractivity contribution in [2.24, 2.45) is 0 Å². The van der Waals surface area contributed by atoms with Crippen LogP contribution in [0.1, 0.15) is 25.1 Å². The molecule has 3 heteroatoms. The fourth-order valence-corrected chi connectivity index (χ4v) is 1.74. The first-order valence-electron chi connectivity index (χ1n) is 5.90. The summed E-state index contributed by atoms with van der Waals surface area (Å²) in [5.41, 5.74) is 3.29. The average molecular weight is 230 g/mol. The fraction of sp³-hybridized carbons (Fsp3) is 0.357. The highest BCUT2D eigenvalue weighted by Gasteiger charge is 2.12. The molecule has 3 nitrogen and oxygen atoms in total. The minimum atomic E-state index is 0.441. The van der Waals surface area contributed by atoms with E-state index < -0.39 is 0 Å². The number of aryl methyl sites for hydroxylation is 1. The van der Waals surface area contributed by atoms with E-state index in [4.69, 9.17) is 4.42 Å². The molecule has 1 aromatic heterocycles. The van der Waals surface area contributed by atoms with E-state index in [1.54, 1.807) is 0 Å². The smallest absolute Gasteiger partial charge is 0.181 e. The molecule has 2 aromatic rings. The largest absolute Gasteiger partial charge is 0.443 e. The van der Waals surface area contributed by atoms with E-state index in [9.17, 15) is 0 Å². The van der Waals surface area contributed by atoms with Crippen molar-refractivity contribution in [3.8, 4) is 11.3 Å². The number of nitrogens with zero attached hydrogens (tertiary/aromatic N) is 1. The molecule has 1 N–H and O–H groups in total. The number of hydrogen-bond acceptors (Lipinski definition) is 3. The Bertz CT molecular complexity index is 488. The molecule has 0 bridgehead atoms. The van der Waals surface area contributed by atoms with Gasteiger partial charge in [0.2, 0.25) is 0 Å². The molecule has 0 amide bonds. The van der Waals surface area contributed by atoms with Gasteiger partial charge in [-0.15, -0.1) is 0 Å². The van der Waals surface area contributed by atoms with E-state index in [1.807, 2.05) is 12.1 Å². The van der Waals surface area contributed by atoms with Crippen LogP contribution in [0.5, 0.6) is 0 Å². The van der Waals surface area contributed by atoms with Crippen molar-refractivity contribution in [2.45, 2.75) is 33.4 Å². The van der Waals surface area contributed by atoms with Gasteiger partial charge in [-0.1, -0.05) is 38.1 Å². The summed E-state index contributed by atoms with van der Waals surface area (Å²) in [5, 5.41) is 3.35. The Kier molecular flexibility index (Phi) is 3.59. The maximum Gasteiger partial charge on any atom is 0.181 e. The van der Waals surface area contributed by atoms with Crippen molar-refractivity contribution in [1.82, 2.24) is 10.3 Å².